The molecule has 0 fully saturated rings. The standard InChI is InChI=1S/C22H41N3O/c1-2-3-4-5-6-7-8-9-10-11-12-13-14-15-16-17-18-22(23)19-20-24-21(26)25-22/h9-10,19-20H,2-8,11-18,23H2,1H3,(H2,24,25,26)/b10-9-. The van der Waals surface area contributed by atoms with Crippen LogP contribution in [0.3, 0.4) is 0 Å². The van der Waals surface area contributed by atoms with E-state index in [0.717, 1.165) is 12.8 Å². The van der Waals surface area contributed by atoms with Crippen molar-refractivity contribution in [3.8, 4) is 0 Å². The van der Waals surface area contributed by atoms with Crippen LogP contribution in [0, 0.1) is 0 Å². The fourth-order valence-corrected chi connectivity index (χ4v) is 3.37. The normalized spacial score (nSPS) is 19.7. The van der Waals surface area contributed by atoms with Crippen LogP contribution in [0.5, 0.6) is 0 Å². The van der Waals surface area contributed by atoms with Crippen molar-refractivity contribution in [1.82, 2.24) is 10.6 Å². The quantitative estimate of drug-likeness (QED) is 0.236. The highest BCUT2D eigenvalue weighted by molar-refractivity contribution is 5.77. The monoisotopic (exact) mass is 363 g/mol. The number of urea groups is 1. The maximum atomic E-state index is 11.3. The summed E-state index contributed by atoms with van der Waals surface area (Å²) in [7, 11) is 0. The van der Waals surface area contributed by atoms with Gasteiger partial charge >= 0.3 is 6.03 Å². The maximum absolute atomic E-state index is 11.3. The van der Waals surface area contributed by atoms with E-state index in [-0.39, 0.29) is 6.03 Å². The van der Waals surface area contributed by atoms with Crippen molar-refractivity contribution in [2.75, 3.05) is 0 Å². The van der Waals surface area contributed by atoms with Gasteiger partial charge < -0.3 is 16.4 Å². The molecule has 1 aliphatic heterocycles. The highest BCUT2D eigenvalue weighted by Gasteiger charge is 2.25. The van der Waals surface area contributed by atoms with Gasteiger partial charge in [-0.2, -0.15) is 0 Å². The molecule has 0 aromatic carbocycles. The van der Waals surface area contributed by atoms with Gasteiger partial charge in [0.25, 0.3) is 0 Å². The minimum absolute atomic E-state index is 0.209. The molecule has 1 unspecified atom stereocenters. The molecule has 150 valence electrons. The molecule has 4 nitrogen and oxygen atoms in total. The van der Waals surface area contributed by atoms with Crippen molar-refractivity contribution in [2.45, 2.75) is 109 Å². The van der Waals surface area contributed by atoms with E-state index < -0.39 is 5.66 Å². The predicted octanol–water partition coefficient (Wildman–Crippen LogP) is 5.90. The Morgan fingerprint density at radius 3 is 2.00 bits per heavy atom. The molecule has 2 amide bonds. The molecule has 0 aliphatic carbocycles. The average molecular weight is 364 g/mol. The van der Waals surface area contributed by atoms with Gasteiger partial charge in [0, 0.05) is 6.20 Å². The Balaban J connectivity index is 1.83. The van der Waals surface area contributed by atoms with E-state index in [1.165, 1.54) is 83.5 Å². The lowest BCUT2D eigenvalue weighted by Gasteiger charge is -2.30. The lowest BCUT2D eigenvalue weighted by Crippen LogP contribution is -2.59. The van der Waals surface area contributed by atoms with Crippen LogP contribution < -0.4 is 16.4 Å². The van der Waals surface area contributed by atoms with Crippen molar-refractivity contribution in [2.24, 2.45) is 5.73 Å². The van der Waals surface area contributed by atoms with Crippen molar-refractivity contribution in [3.05, 3.63) is 24.4 Å². The second kappa shape index (κ2) is 14.8. The number of hydrogen-bond acceptors (Lipinski definition) is 2. The van der Waals surface area contributed by atoms with Crippen LogP contribution in [-0.2, 0) is 0 Å². The number of nitrogens with one attached hydrogen (secondary N) is 2. The third-order valence-electron chi connectivity index (χ3n) is 5.04. The number of rotatable bonds is 16. The van der Waals surface area contributed by atoms with E-state index in [0.29, 0.717) is 0 Å². The Morgan fingerprint density at radius 1 is 0.885 bits per heavy atom. The lowest BCUT2D eigenvalue weighted by atomic mass is 10.00. The molecule has 1 atom stereocenters. The van der Waals surface area contributed by atoms with E-state index >= 15 is 0 Å². The third kappa shape index (κ3) is 12.1. The highest BCUT2D eigenvalue weighted by atomic mass is 16.2. The van der Waals surface area contributed by atoms with Gasteiger partial charge in [0.05, 0.1) is 0 Å². The topological polar surface area (TPSA) is 67.1 Å². The first kappa shape index (κ1) is 22.8. The molecular weight excluding hydrogens is 322 g/mol. The van der Waals surface area contributed by atoms with Crippen LogP contribution >= 0.6 is 0 Å². The summed E-state index contributed by atoms with van der Waals surface area (Å²) in [5.41, 5.74) is 5.48. The fraction of sp³-hybridized carbons (Fsp3) is 0.773. The number of nitrogens with two attached hydrogens (primary N) is 1. The largest absolute Gasteiger partial charge is 0.320 e. The summed E-state index contributed by atoms with van der Waals surface area (Å²) < 4.78 is 0. The molecule has 0 radical (unpaired) electrons. The molecule has 0 saturated heterocycles. The predicted molar refractivity (Wildman–Crippen MR) is 112 cm³/mol. The summed E-state index contributed by atoms with van der Waals surface area (Å²) >= 11 is 0. The van der Waals surface area contributed by atoms with Crippen LogP contribution in [0.1, 0.15) is 103 Å². The highest BCUT2D eigenvalue weighted by Crippen LogP contribution is 2.15. The molecule has 0 spiro atoms. The lowest BCUT2D eigenvalue weighted by molar-refractivity contribution is 0.229. The first-order valence-corrected chi connectivity index (χ1v) is 10.9. The van der Waals surface area contributed by atoms with Crippen LogP contribution in [0.2, 0.25) is 0 Å². The smallest absolute Gasteiger partial charge is 0.316 e. The average Bonchev–Trinajstić information content (AvgIpc) is 2.61. The summed E-state index contributed by atoms with van der Waals surface area (Å²) in [6.07, 6.45) is 27.2. The molecule has 0 aromatic rings. The zero-order valence-electron chi connectivity index (χ0n) is 16.9. The molecule has 26 heavy (non-hydrogen) atoms. The SMILES string of the molecule is CCCCCCCC/C=C\CCCCCCCCC1(N)C=CNC(=O)N1. The van der Waals surface area contributed by atoms with Gasteiger partial charge in [-0.15, -0.1) is 0 Å². The molecule has 1 rings (SSSR count). The molecule has 0 saturated carbocycles. The van der Waals surface area contributed by atoms with Gasteiger partial charge in [0.15, 0.2) is 0 Å². The van der Waals surface area contributed by atoms with Gasteiger partial charge in [-0.1, -0.05) is 76.9 Å². The second-order valence-electron chi connectivity index (χ2n) is 7.66. The number of hydrogen-bond donors (Lipinski definition) is 3. The Labute approximate surface area is 161 Å². The number of allylic oxidation sites excluding steroid dienone is 2. The molecule has 1 aliphatic rings. The van der Waals surface area contributed by atoms with Crippen LogP contribution in [0.25, 0.3) is 0 Å². The number of carbonyl (C=O) groups is 1. The summed E-state index contributed by atoms with van der Waals surface area (Å²) in [6, 6.07) is -0.209. The molecule has 4 N–H and O–H groups in total. The Morgan fingerprint density at radius 2 is 1.42 bits per heavy atom. The van der Waals surface area contributed by atoms with Crippen molar-refractivity contribution >= 4 is 6.03 Å². The zero-order chi connectivity index (χ0) is 18.9. The Kier molecular flexibility index (Phi) is 13.0. The van der Waals surface area contributed by atoms with Gasteiger partial charge in [-0.05, 0) is 44.6 Å². The van der Waals surface area contributed by atoms with Crippen LogP contribution in [-0.4, -0.2) is 11.7 Å². The summed E-state index contributed by atoms with van der Waals surface area (Å²) in [5, 5.41) is 5.36. The summed E-state index contributed by atoms with van der Waals surface area (Å²) in [5.74, 6) is 0. The number of unbranched alkanes of at least 4 members (excludes halogenated alkanes) is 12. The molecular formula is C22H41N3O. The number of amides is 2. The van der Waals surface area contributed by atoms with E-state index in [4.69, 9.17) is 5.73 Å². The minimum Gasteiger partial charge on any atom is -0.316 e. The van der Waals surface area contributed by atoms with E-state index in [1.54, 1.807) is 6.20 Å². The van der Waals surface area contributed by atoms with Crippen molar-refractivity contribution in [1.29, 1.82) is 0 Å². The van der Waals surface area contributed by atoms with Gasteiger partial charge in [-0.25, -0.2) is 4.79 Å². The van der Waals surface area contributed by atoms with Crippen LogP contribution in [0.15, 0.2) is 24.4 Å². The van der Waals surface area contributed by atoms with Crippen molar-refractivity contribution in [3.63, 3.8) is 0 Å². The van der Waals surface area contributed by atoms with Crippen LogP contribution in [0.4, 0.5) is 4.79 Å². The van der Waals surface area contributed by atoms with E-state index in [1.807, 2.05) is 6.08 Å². The first-order valence-electron chi connectivity index (χ1n) is 10.9. The maximum Gasteiger partial charge on any atom is 0.320 e. The summed E-state index contributed by atoms with van der Waals surface area (Å²) in [6.45, 7) is 2.27. The van der Waals surface area contributed by atoms with Gasteiger partial charge in [0.2, 0.25) is 0 Å². The minimum atomic E-state index is -0.664. The van der Waals surface area contributed by atoms with E-state index in [9.17, 15) is 4.79 Å². The molecule has 1 heterocycles. The Bertz CT molecular complexity index is 420. The third-order valence-corrected chi connectivity index (χ3v) is 5.04. The summed E-state index contributed by atoms with van der Waals surface area (Å²) in [4.78, 5) is 11.3. The van der Waals surface area contributed by atoms with Crippen molar-refractivity contribution < 1.29 is 4.79 Å². The first-order chi connectivity index (χ1) is 12.7. The van der Waals surface area contributed by atoms with E-state index in [2.05, 4.69) is 29.7 Å². The molecule has 0 aromatic heterocycles. The zero-order valence-corrected chi connectivity index (χ0v) is 16.9. The molecule has 4 heteroatoms. The Hall–Kier alpha value is -1.29. The second-order valence-corrected chi connectivity index (χ2v) is 7.66. The van der Waals surface area contributed by atoms with Gasteiger partial charge in [0.1, 0.15) is 5.66 Å². The molecule has 0 bridgehead atoms. The number of carbonyl (C=O) groups excluding carboxylic acids is 1. The fourth-order valence-electron chi connectivity index (χ4n) is 3.37. The van der Waals surface area contributed by atoms with Gasteiger partial charge in [-0.3, -0.25) is 0 Å².